The first-order chi connectivity index (χ1) is 14.0. The molecule has 30 heavy (non-hydrogen) atoms. The maximum atomic E-state index is 12.8. The minimum absolute atomic E-state index is 0.0132. The maximum Gasteiger partial charge on any atom is 0.326 e. The molecule has 0 bridgehead atoms. The number of hydrogen-bond acceptors (Lipinski definition) is 6. The van der Waals surface area contributed by atoms with E-state index in [0.717, 1.165) is 0 Å². The first-order valence-corrected chi connectivity index (χ1v) is 9.70. The smallest absolute Gasteiger partial charge is 0.326 e. The van der Waals surface area contributed by atoms with Gasteiger partial charge < -0.3 is 32.3 Å². The van der Waals surface area contributed by atoms with Crippen LogP contribution in [-0.4, -0.2) is 52.0 Å². The van der Waals surface area contributed by atoms with Gasteiger partial charge in [-0.25, -0.2) is 4.79 Å². The Morgan fingerprint density at radius 1 is 1.07 bits per heavy atom. The number of carbonyl (C=O) groups excluding carboxylic acids is 3. The molecule has 0 unspecified atom stereocenters. The topological polar surface area (TPSA) is 185 Å². The Morgan fingerprint density at radius 3 is 2.17 bits per heavy atom. The number of hydrogen-bond donors (Lipinski definition) is 6. The fourth-order valence-corrected chi connectivity index (χ4v) is 2.72. The first-order valence-electron chi connectivity index (χ1n) is 9.70. The van der Waals surface area contributed by atoms with Crippen molar-refractivity contribution in [2.75, 3.05) is 0 Å². The predicted octanol–water partition coefficient (Wildman–Crippen LogP) is -0.372. The molecular weight excluding hydrogens is 392 g/mol. The summed E-state index contributed by atoms with van der Waals surface area (Å²) < 4.78 is 0. The van der Waals surface area contributed by atoms with E-state index in [1.807, 2.05) is 0 Å². The number of phenols is 1. The lowest BCUT2D eigenvalue weighted by molar-refractivity contribution is -0.143. The highest BCUT2D eigenvalue weighted by Gasteiger charge is 2.30. The van der Waals surface area contributed by atoms with Crippen LogP contribution < -0.4 is 22.1 Å². The Kier molecular flexibility index (Phi) is 9.76. The molecule has 0 radical (unpaired) electrons. The molecule has 4 atom stereocenters. The van der Waals surface area contributed by atoms with Gasteiger partial charge in [0.15, 0.2) is 0 Å². The minimum atomic E-state index is -1.18. The number of amides is 3. The fraction of sp³-hybridized carbons (Fsp3) is 0.500. The average Bonchev–Trinajstić information content (AvgIpc) is 2.69. The van der Waals surface area contributed by atoms with E-state index in [0.29, 0.717) is 12.0 Å². The highest BCUT2D eigenvalue weighted by Crippen LogP contribution is 2.13. The molecule has 0 heterocycles. The number of carbonyl (C=O) groups is 4. The van der Waals surface area contributed by atoms with Crippen LogP contribution in [-0.2, 0) is 25.6 Å². The van der Waals surface area contributed by atoms with Crippen LogP contribution in [0.5, 0.6) is 5.75 Å². The second-order valence-electron chi connectivity index (χ2n) is 7.25. The molecule has 1 aromatic rings. The third-order valence-corrected chi connectivity index (χ3v) is 4.82. The molecule has 0 aromatic heterocycles. The van der Waals surface area contributed by atoms with Gasteiger partial charge in [-0.05, 0) is 30.0 Å². The van der Waals surface area contributed by atoms with Gasteiger partial charge >= 0.3 is 5.97 Å². The van der Waals surface area contributed by atoms with Crippen molar-refractivity contribution >= 4 is 23.7 Å². The summed E-state index contributed by atoms with van der Waals surface area (Å²) in [4.78, 5) is 47.7. The number of aromatic hydroxyl groups is 1. The molecule has 0 fully saturated rings. The molecule has 10 heteroatoms. The quantitative estimate of drug-likeness (QED) is 0.265. The van der Waals surface area contributed by atoms with Crippen LogP contribution in [0, 0.1) is 5.92 Å². The number of aliphatic carboxylic acids is 1. The van der Waals surface area contributed by atoms with Gasteiger partial charge in [-0.3, -0.25) is 14.4 Å². The Labute approximate surface area is 175 Å². The second kappa shape index (κ2) is 11.8. The van der Waals surface area contributed by atoms with E-state index in [-0.39, 0.29) is 30.9 Å². The summed E-state index contributed by atoms with van der Waals surface area (Å²) in [6.07, 6.45) is 0.509. The summed E-state index contributed by atoms with van der Waals surface area (Å²) in [6, 6.07) is 2.75. The minimum Gasteiger partial charge on any atom is -0.508 e. The third-order valence-electron chi connectivity index (χ3n) is 4.82. The molecule has 3 amide bonds. The SMILES string of the molecule is CC[C@H](C)[C@H](NC(=O)[C@H](Cc1ccc(O)cc1)NC(=O)[C@@H](N)CCC(N)=O)C(=O)O. The van der Waals surface area contributed by atoms with Gasteiger partial charge in [0.05, 0.1) is 6.04 Å². The molecule has 0 saturated heterocycles. The summed E-state index contributed by atoms with van der Waals surface area (Å²) >= 11 is 0. The van der Waals surface area contributed by atoms with Crippen molar-refractivity contribution < 1.29 is 29.4 Å². The first kappa shape index (κ1) is 24.9. The average molecular weight is 422 g/mol. The molecule has 0 saturated carbocycles. The molecule has 1 rings (SSSR count). The van der Waals surface area contributed by atoms with Crippen LogP contribution in [0.1, 0.15) is 38.7 Å². The van der Waals surface area contributed by atoms with E-state index < -0.39 is 41.8 Å². The third kappa shape index (κ3) is 8.08. The highest BCUT2D eigenvalue weighted by molar-refractivity contribution is 5.92. The van der Waals surface area contributed by atoms with Gasteiger partial charge in [0.1, 0.15) is 17.8 Å². The maximum absolute atomic E-state index is 12.8. The van der Waals surface area contributed by atoms with Gasteiger partial charge in [-0.2, -0.15) is 0 Å². The molecule has 0 aliphatic heterocycles. The molecular formula is C20H30N4O6. The number of primary amides is 1. The van der Waals surface area contributed by atoms with Crippen molar-refractivity contribution in [1.29, 1.82) is 0 Å². The number of benzene rings is 1. The van der Waals surface area contributed by atoms with Crippen molar-refractivity contribution in [3.8, 4) is 5.75 Å². The fourth-order valence-electron chi connectivity index (χ4n) is 2.72. The van der Waals surface area contributed by atoms with E-state index >= 15 is 0 Å². The Morgan fingerprint density at radius 2 is 1.67 bits per heavy atom. The lowest BCUT2D eigenvalue weighted by Gasteiger charge is -2.25. The van der Waals surface area contributed by atoms with Gasteiger partial charge in [0.2, 0.25) is 17.7 Å². The van der Waals surface area contributed by atoms with Crippen molar-refractivity contribution in [1.82, 2.24) is 10.6 Å². The summed E-state index contributed by atoms with van der Waals surface area (Å²) in [7, 11) is 0. The van der Waals surface area contributed by atoms with Gasteiger partial charge in [-0.1, -0.05) is 32.4 Å². The normalized spacial score (nSPS) is 14.8. The molecule has 166 valence electrons. The lowest BCUT2D eigenvalue weighted by Crippen LogP contribution is -2.56. The van der Waals surface area contributed by atoms with E-state index in [1.165, 1.54) is 12.1 Å². The number of phenolic OH excluding ortho intramolecular Hbond substituents is 1. The van der Waals surface area contributed by atoms with E-state index in [9.17, 15) is 29.4 Å². The van der Waals surface area contributed by atoms with Crippen LogP contribution in [0.4, 0.5) is 0 Å². The molecule has 10 nitrogen and oxygen atoms in total. The molecule has 1 aromatic carbocycles. The zero-order valence-electron chi connectivity index (χ0n) is 17.1. The van der Waals surface area contributed by atoms with Crippen molar-refractivity contribution in [2.45, 2.75) is 57.7 Å². The zero-order chi connectivity index (χ0) is 22.8. The number of carboxylic acid groups (broad SMARTS) is 1. The molecule has 0 aliphatic rings. The van der Waals surface area contributed by atoms with E-state index in [4.69, 9.17) is 11.5 Å². The van der Waals surface area contributed by atoms with Gasteiger partial charge in [0.25, 0.3) is 0 Å². The van der Waals surface area contributed by atoms with Gasteiger partial charge in [0, 0.05) is 12.8 Å². The number of nitrogens with two attached hydrogens (primary N) is 2. The summed E-state index contributed by atoms with van der Waals surface area (Å²) in [5.41, 5.74) is 11.5. The lowest BCUT2D eigenvalue weighted by atomic mass is 9.98. The standard InChI is InChI=1S/C20H30N4O6/c1-3-11(2)17(20(29)30)24-19(28)15(10-12-4-6-13(25)7-5-12)23-18(27)14(21)8-9-16(22)26/h4-7,11,14-15,17,25H,3,8-10,21H2,1-2H3,(H2,22,26)(H,23,27)(H,24,28)(H,29,30)/t11-,14-,15-,17-/m0/s1. The van der Waals surface area contributed by atoms with Crippen LogP contribution in [0.25, 0.3) is 0 Å². The number of rotatable bonds is 12. The highest BCUT2D eigenvalue weighted by atomic mass is 16.4. The molecule has 0 aliphatic carbocycles. The van der Waals surface area contributed by atoms with Crippen molar-refractivity contribution in [2.24, 2.45) is 17.4 Å². The number of carboxylic acids is 1. The van der Waals surface area contributed by atoms with E-state index in [2.05, 4.69) is 10.6 Å². The van der Waals surface area contributed by atoms with Crippen molar-refractivity contribution in [3.63, 3.8) is 0 Å². The second-order valence-corrected chi connectivity index (χ2v) is 7.25. The van der Waals surface area contributed by atoms with Crippen molar-refractivity contribution in [3.05, 3.63) is 29.8 Å². The van der Waals surface area contributed by atoms with E-state index in [1.54, 1.807) is 26.0 Å². The Hall–Kier alpha value is -3.14. The summed E-state index contributed by atoms with van der Waals surface area (Å²) in [5.74, 6) is -3.40. The predicted molar refractivity (Wildman–Crippen MR) is 109 cm³/mol. The monoisotopic (exact) mass is 422 g/mol. The van der Waals surface area contributed by atoms with Crippen LogP contribution in [0.3, 0.4) is 0 Å². The van der Waals surface area contributed by atoms with Gasteiger partial charge in [-0.15, -0.1) is 0 Å². The largest absolute Gasteiger partial charge is 0.508 e. The summed E-state index contributed by atoms with van der Waals surface area (Å²) in [6.45, 7) is 3.51. The molecule has 8 N–H and O–H groups in total. The number of nitrogens with one attached hydrogen (secondary N) is 2. The Bertz CT molecular complexity index is 752. The van der Waals surface area contributed by atoms with Crippen LogP contribution in [0.2, 0.25) is 0 Å². The van der Waals surface area contributed by atoms with Crippen LogP contribution in [0.15, 0.2) is 24.3 Å². The Balaban J connectivity index is 2.99. The van der Waals surface area contributed by atoms with Crippen LogP contribution >= 0.6 is 0 Å². The zero-order valence-corrected chi connectivity index (χ0v) is 17.1. The molecule has 0 spiro atoms. The summed E-state index contributed by atoms with van der Waals surface area (Å²) in [5, 5.41) is 23.8.